The summed E-state index contributed by atoms with van der Waals surface area (Å²) in [7, 11) is 0. The number of hydrogen-bond acceptors (Lipinski definition) is 4. The van der Waals surface area contributed by atoms with Crippen LogP contribution in [0.2, 0.25) is 0 Å². The van der Waals surface area contributed by atoms with E-state index in [1.165, 1.54) is 6.07 Å². The fourth-order valence-electron chi connectivity index (χ4n) is 2.55. The van der Waals surface area contributed by atoms with Crippen molar-refractivity contribution in [3.05, 3.63) is 53.1 Å². The molecule has 0 saturated carbocycles. The van der Waals surface area contributed by atoms with E-state index >= 15 is 0 Å². The van der Waals surface area contributed by atoms with Gasteiger partial charge in [0.25, 0.3) is 0 Å². The molecule has 0 fully saturated rings. The molecule has 3 rings (SSSR count). The lowest BCUT2D eigenvalue weighted by Gasteiger charge is -2.28. The summed E-state index contributed by atoms with van der Waals surface area (Å²) in [5, 5.41) is 0. The van der Waals surface area contributed by atoms with Gasteiger partial charge in [-0.3, -0.25) is 9.88 Å². The van der Waals surface area contributed by atoms with E-state index in [1.54, 1.807) is 12.3 Å². The summed E-state index contributed by atoms with van der Waals surface area (Å²) in [5.74, 6) is 1.00. The predicted octanol–water partition coefficient (Wildman–Crippen LogP) is 2.69. The quantitative estimate of drug-likeness (QED) is 0.870. The molecule has 0 atom stereocenters. The zero-order chi connectivity index (χ0) is 14.8. The molecule has 0 aliphatic carbocycles. The van der Waals surface area contributed by atoms with E-state index in [-0.39, 0.29) is 5.82 Å². The summed E-state index contributed by atoms with van der Waals surface area (Å²) in [4.78, 5) is 15.4. The highest BCUT2D eigenvalue weighted by Gasteiger charge is 2.20. The van der Waals surface area contributed by atoms with E-state index < -0.39 is 0 Å². The lowest BCUT2D eigenvalue weighted by molar-refractivity contribution is 0.236. The Kier molecular flexibility index (Phi) is 3.92. The maximum Gasteiger partial charge on any atom is 0.146 e. The van der Waals surface area contributed by atoms with Gasteiger partial charge in [-0.15, -0.1) is 0 Å². The first-order valence-corrected chi connectivity index (χ1v) is 7.30. The highest BCUT2D eigenvalue weighted by molar-refractivity contribution is 5.21. The molecule has 1 aliphatic heterocycles. The molecular formula is C16H19FN4. The van der Waals surface area contributed by atoms with Crippen LogP contribution in [-0.4, -0.2) is 26.4 Å². The van der Waals surface area contributed by atoms with Crippen LogP contribution in [0.4, 0.5) is 4.39 Å². The fraction of sp³-hybridized carbons (Fsp3) is 0.438. The third kappa shape index (κ3) is 3.08. The Bertz CT molecular complexity index is 642. The molecule has 110 valence electrons. The van der Waals surface area contributed by atoms with Gasteiger partial charge < -0.3 is 0 Å². The van der Waals surface area contributed by atoms with E-state index in [0.717, 1.165) is 36.6 Å². The molecular weight excluding hydrogens is 267 g/mol. The van der Waals surface area contributed by atoms with Crippen LogP contribution in [0, 0.1) is 5.82 Å². The summed E-state index contributed by atoms with van der Waals surface area (Å²) < 4.78 is 13.7. The molecule has 0 radical (unpaired) electrons. The first-order chi connectivity index (χ1) is 10.1. The van der Waals surface area contributed by atoms with E-state index in [2.05, 4.69) is 33.7 Å². The predicted molar refractivity (Wildman–Crippen MR) is 78.1 cm³/mol. The van der Waals surface area contributed by atoms with Crippen LogP contribution in [0.5, 0.6) is 0 Å². The van der Waals surface area contributed by atoms with Crippen molar-refractivity contribution in [3.63, 3.8) is 0 Å². The molecule has 0 N–H and O–H groups in total. The van der Waals surface area contributed by atoms with Crippen molar-refractivity contribution in [2.24, 2.45) is 0 Å². The molecule has 3 heterocycles. The molecule has 1 aliphatic rings. The van der Waals surface area contributed by atoms with Crippen molar-refractivity contribution in [2.75, 3.05) is 6.54 Å². The third-order valence-electron chi connectivity index (χ3n) is 3.76. The van der Waals surface area contributed by atoms with E-state index in [1.807, 2.05) is 6.20 Å². The lowest BCUT2D eigenvalue weighted by atomic mass is 10.1. The first-order valence-electron chi connectivity index (χ1n) is 7.30. The molecule has 21 heavy (non-hydrogen) atoms. The van der Waals surface area contributed by atoms with Gasteiger partial charge in [0.05, 0.1) is 5.69 Å². The van der Waals surface area contributed by atoms with Crippen LogP contribution >= 0.6 is 0 Å². The van der Waals surface area contributed by atoms with Crippen molar-refractivity contribution in [1.29, 1.82) is 0 Å². The Hall–Kier alpha value is -1.88. The highest BCUT2D eigenvalue weighted by atomic mass is 19.1. The molecule has 4 nitrogen and oxygen atoms in total. The Morgan fingerprint density at radius 2 is 2.19 bits per heavy atom. The van der Waals surface area contributed by atoms with Crippen LogP contribution in [-0.2, 0) is 19.5 Å². The average molecular weight is 286 g/mol. The second-order valence-electron chi connectivity index (χ2n) is 5.75. The molecule has 2 aromatic heterocycles. The minimum atomic E-state index is -0.241. The smallest absolute Gasteiger partial charge is 0.146 e. The van der Waals surface area contributed by atoms with Gasteiger partial charge in [0.15, 0.2) is 0 Å². The average Bonchev–Trinajstić information content (AvgIpc) is 2.49. The van der Waals surface area contributed by atoms with Gasteiger partial charge in [-0.2, -0.15) is 0 Å². The zero-order valence-electron chi connectivity index (χ0n) is 12.4. The normalized spacial score (nSPS) is 15.2. The number of aromatic nitrogens is 3. The van der Waals surface area contributed by atoms with Crippen molar-refractivity contribution in [3.8, 4) is 0 Å². The lowest BCUT2D eigenvalue weighted by Crippen LogP contribution is -2.31. The summed E-state index contributed by atoms with van der Waals surface area (Å²) in [6.07, 6.45) is 4.43. The maximum atomic E-state index is 13.7. The minimum Gasteiger partial charge on any atom is -0.293 e. The number of pyridine rings is 1. The molecule has 0 saturated heterocycles. The topological polar surface area (TPSA) is 41.9 Å². The van der Waals surface area contributed by atoms with Crippen LogP contribution in [0.3, 0.4) is 0 Å². The van der Waals surface area contributed by atoms with E-state index in [0.29, 0.717) is 18.2 Å². The number of rotatable bonds is 3. The van der Waals surface area contributed by atoms with Gasteiger partial charge >= 0.3 is 0 Å². The molecule has 0 spiro atoms. The molecule has 0 unspecified atom stereocenters. The standard InChI is InChI=1S/C16H19FN4/c1-11(2)16-19-8-12-9-21(7-5-14(12)20-16)10-15-13(17)4-3-6-18-15/h3-4,6,8,11H,5,7,9-10H2,1-2H3. The monoisotopic (exact) mass is 286 g/mol. The zero-order valence-corrected chi connectivity index (χ0v) is 12.4. The molecule has 0 aromatic carbocycles. The second-order valence-corrected chi connectivity index (χ2v) is 5.75. The minimum absolute atomic E-state index is 0.241. The van der Waals surface area contributed by atoms with Gasteiger partial charge in [-0.25, -0.2) is 14.4 Å². The van der Waals surface area contributed by atoms with Crippen LogP contribution in [0.1, 0.15) is 42.5 Å². The molecule has 2 aromatic rings. The Morgan fingerprint density at radius 3 is 2.95 bits per heavy atom. The van der Waals surface area contributed by atoms with Crippen LogP contribution in [0.15, 0.2) is 24.5 Å². The van der Waals surface area contributed by atoms with Gasteiger partial charge in [0, 0.05) is 55.6 Å². The second kappa shape index (κ2) is 5.85. The summed E-state index contributed by atoms with van der Waals surface area (Å²) >= 11 is 0. The molecule has 5 heteroatoms. The van der Waals surface area contributed by atoms with Gasteiger partial charge in [0.1, 0.15) is 11.6 Å². The van der Waals surface area contributed by atoms with E-state index in [9.17, 15) is 4.39 Å². The maximum absolute atomic E-state index is 13.7. The van der Waals surface area contributed by atoms with Gasteiger partial charge in [0.2, 0.25) is 0 Å². The Morgan fingerprint density at radius 1 is 1.33 bits per heavy atom. The highest BCUT2D eigenvalue weighted by Crippen LogP contribution is 2.20. The third-order valence-corrected chi connectivity index (χ3v) is 3.76. The van der Waals surface area contributed by atoms with Gasteiger partial charge in [-0.1, -0.05) is 13.8 Å². The largest absolute Gasteiger partial charge is 0.293 e. The summed E-state index contributed by atoms with van der Waals surface area (Å²) in [5.41, 5.74) is 2.77. The summed E-state index contributed by atoms with van der Waals surface area (Å²) in [6, 6.07) is 3.07. The van der Waals surface area contributed by atoms with Gasteiger partial charge in [-0.05, 0) is 12.1 Å². The van der Waals surface area contributed by atoms with Crippen LogP contribution in [0.25, 0.3) is 0 Å². The first kappa shape index (κ1) is 14.1. The fourth-order valence-corrected chi connectivity index (χ4v) is 2.55. The molecule has 0 amide bonds. The molecule has 0 bridgehead atoms. The van der Waals surface area contributed by atoms with Crippen molar-refractivity contribution < 1.29 is 4.39 Å². The SMILES string of the molecule is CC(C)c1ncc2c(n1)CCN(Cc1ncccc1F)C2. The number of halogens is 1. The van der Waals surface area contributed by atoms with Crippen molar-refractivity contribution in [2.45, 2.75) is 39.3 Å². The van der Waals surface area contributed by atoms with Crippen molar-refractivity contribution in [1.82, 2.24) is 19.9 Å². The number of nitrogens with zero attached hydrogens (tertiary/aromatic N) is 4. The Balaban J connectivity index is 1.74. The Labute approximate surface area is 124 Å². The van der Waals surface area contributed by atoms with Crippen LogP contribution < -0.4 is 0 Å². The van der Waals surface area contributed by atoms with E-state index in [4.69, 9.17) is 0 Å². The number of fused-ring (bicyclic) bond motifs is 1. The van der Waals surface area contributed by atoms with Crippen molar-refractivity contribution >= 4 is 0 Å². The summed E-state index contributed by atoms with van der Waals surface area (Å²) in [6.45, 7) is 6.35. The number of hydrogen-bond donors (Lipinski definition) is 0.